The van der Waals surface area contributed by atoms with Gasteiger partial charge in [-0.25, -0.2) is 0 Å². The van der Waals surface area contributed by atoms with Crippen molar-refractivity contribution in [3.05, 3.63) is 90.0 Å². The van der Waals surface area contributed by atoms with Gasteiger partial charge < -0.3 is 4.74 Å². The van der Waals surface area contributed by atoms with E-state index in [0.29, 0.717) is 6.61 Å². The third-order valence-electron chi connectivity index (χ3n) is 4.52. The highest BCUT2D eigenvalue weighted by atomic mass is 32.2. The first kappa shape index (κ1) is 19.3. The maximum absolute atomic E-state index is 5.59. The van der Waals surface area contributed by atoms with Gasteiger partial charge >= 0.3 is 0 Å². The number of thioether (sulfide) groups is 1. The molecule has 0 aliphatic carbocycles. The zero-order valence-electron chi connectivity index (χ0n) is 16.6. The molecular weight excluding hydrogens is 378 g/mol. The van der Waals surface area contributed by atoms with Crippen LogP contribution >= 0.6 is 11.8 Å². The van der Waals surface area contributed by atoms with Crippen LogP contribution in [0.15, 0.2) is 84.0 Å². The SMILES string of the molecule is CCOc1ccc(-n2c(SCc3cccc(C)c3)nnc2-c2ccccc2)cc1. The van der Waals surface area contributed by atoms with Gasteiger partial charge in [0.05, 0.1) is 6.61 Å². The van der Waals surface area contributed by atoms with E-state index in [2.05, 4.69) is 70.2 Å². The molecule has 0 N–H and O–H groups in total. The summed E-state index contributed by atoms with van der Waals surface area (Å²) in [4.78, 5) is 0. The summed E-state index contributed by atoms with van der Waals surface area (Å²) in [6.07, 6.45) is 0. The molecule has 4 aromatic rings. The Labute approximate surface area is 175 Å². The molecule has 146 valence electrons. The average molecular weight is 402 g/mol. The summed E-state index contributed by atoms with van der Waals surface area (Å²) < 4.78 is 7.71. The van der Waals surface area contributed by atoms with Crippen molar-refractivity contribution in [3.63, 3.8) is 0 Å². The molecule has 4 nitrogen and oxygen atoms in total. The highest BCUT2D eigenvalue weighted by Crippen LogP contribution is 2.30. The Morgan fingerprint density at radius 3 is 2.41 bits per heavy atom. The molecular formula is C24H23N3OS. The first-order chi connectivity index (χ1) is 14.2. The molecule has 29 heavy (non-hydrogen) atoms. The molecule has 0 aliphatic rings. The second-order valence-corrected chi connectivity index (χ2v) is 7.65. The van der Waals surface area contributed by atoms with Gasteiger partial charge in [-0.3, -0.25) is 4.57 Å². The normalized spacial score (nSPS) is 10.8. The van der Waals surface area contributed by atoms with Gasteiger partial charge in [0, 0.05) is 17.0 Å². The number of ether oxygens (including phenoxy) is 1. The number of nitrogens with zero attached hydrogens (tertiary/aromatic N) is 3. The van der Waals surface area contributed by atoms with Crippen molar-refractivity contribution >= 4 is 11.8 Å². The Morgan fingerprint density at radius 2 is 1.69 bits per heavy atom. The fraction of sp³-hybridized carbons (Fsp3) is 0.167. The number of aryl methyl sites for hydroxylation is 1. The van der Waals surface area contributed by atoms with E-state index in [1.165, 1.54) is 11.1 Å². The number of benzene rings is 3. The van der Waals surface area contributed by atoms with Crippen LogP contribution in [0.2, 0.25) is 0 Å². The minimum atomic E-state index is 0.652. The van der Waals surface area contributed by atoms with Gasteiger partial charge in [-0.1, -0.05) is 71.9 Å². The van der Waals surface area contributed by atoms with Crippen molar-refractivity contribution in [3.8, 4) is 22.8 Å². The number of aromatic nitrogens is 3. The molecule has 0 saturated carbocycles. The minimum Gasteiger partial charge on any atom is -0.494 e. The van der Waals surface area contributed by atoms with E-state index in [1.54, 1.807) is 11.8 Å². The fourth-order valence-electron chi connectivity index (χ4n) is 3.18. The lowest BCUT2D eigenvalue weighted by molar-refractivity contribution is 0.340. The van der Waals surface area contributed by atoms with Gasteiger partial charge in [0.1, 0.15) is 5.75 Å². The van der Waals surface area contributed by atoms with Crippen molar-refractivity contribution in [2.75, 3.05) is 6.61 Å². The van der Waals surface area contributed by atoms with Crippen molar-refractivity contribution in [1.82, 2.24) is 14.8 Å². The molecule has 0 spiro atoms. The van der Waals surface area contributed by atoms with Crippen molar-refractivity contribution in [1.29, 1.82) is 0 Å². The smallest absolute Gasteiger partial charge is 0.196 e. The van der Waals surface area contributed by atoms with Gasteiger partial charge in [-0.15, -0.1) is 10.2 Å². The van der Waals surface area contributed by atoms with Gasteiger partial charge in [-0.05, 0) is 43.7 Å². The van der Waals surface area contributed by atoms with Crippen LogP contribution in [-0.2, 0) is 5.75 Å². The van der Waals surface area contributed by atoms with Crippen LogP contribution in [0.5, 0.6) is 5.75 Å². The highest BCUT2D eigenvalue weighted by molar-refractivity contribution is 7.98. The Kier molecular flexibility index (Phi) is 5.96. The standard InChI is InChI=1S/C24H23N3OS/c1-3-28-22-14-12-21(13-15-22)27-23(20-10-5-4-6-11-20)25-26-24(27)29-17-19-9-7-8-18(2)16-19/h4-16H,3,17H2,1-2H3. The third-order valence-corrected chi connectivity index (χ3v) is 5.52. The van der Waals surface area contributed by atoms with Crippen LogP contribution in [0.1, 0.15) is 18.1 Å². The van der Waals surface area contributed by atoms with Gasteiger partial charge in [0.2, 0.25) is 0 Å². The second kappa shape index (κ2) is 8.97. The predicted octanol–water partition coefficient (Wildman–Crippen LogP) is 5.93. The average Bonchev–Trinajstić information content (AvgIpc) is 3.18. The van der Waals surface area contributed by atoms with Gasteiger partial charge in [0.15, 0.2) is 11.0 Å². The van der Waals surface area contributed by atoms with Crippen molar-refractivity contribution in [2.45, 2.75) is 24.8 Å². The molecule has 0 aliphatic heterocycles. The summed E-state index contributed by atoms with van der Waals surface area (Å²) >= 11 is 1.69. The summed E-state index contributed by atoms with van der Waals surface area (Å²) in [5, 5.41) is 9.89. The zero-order valence-corrected chi connectivity index (χ0v) is 17.4. The van der Waals surface area contributed by atoms with Crippen molar-refractivity contribution < 1.29 is 4.74 Å². The summed E-state index contributed by atoms with van der Waals surface area (Å²) in [5.74, 6) is 2.53. The minimum absolute atomic E-state index is 0.652. The van der Waals surface area contributed by atoms with Crippen LogP contribution < -0.4 is 4.74 Å². The van der Waals surface area contributed by atoms with E-state index < -0.39 is 0 Å². The number of rotatable bonds is 7. The Morgan fingerprint density at radius 1 is 0.897 bits per heavy atom. The van der Waals surface area contributed by atoms with Crippen LogP contribution in [0.25, 0.3) is 17.1 Å². The fourth-order valence-corrected chi connectivity index (χ4v) is 4.07. The maximum Gasteiger partial charge on any atom is 0.196 e. The Hall–Kier alpha value is -3.05. The quantitative estimate of drug-likeness (QED) is 0.360. The Balaban J connectivity index is 1.70. The zero-order chi connectivity index (χ0) is 20.1. The van der Waals surface area contributed by atoms with Crippen LogP contribution in [0, 0.1) is 6.92 Å². The van der Waals surface area contributed by atoms with Crippen molar-refractivity contribution in [2.24, 2.45) is 0 Å². The number of hydrogen-bond acceptors (Lipinski definition) is 4. The van der Waals surface area contributed by atoms with E-state index >= 15 is 0 Å². The first-order valence-electron chi connectivity index (χ1n) is 9.67. The second-order valence-electron chi connectivity index (χ2n) is 6.71. The van der Waals surface area contributed by atoms with E-state index in [1.807, 2.05) is 37.3 Å². The highest BCUT2D eigenvalue weighted by Gasteiger charge is 2.16. The van der Waals surface area contributed by atoms with E-state index in [0.717, 1.165) is 33.7 Å². The lowest BCUT2D eigenvalue weighted by Gasteiger charge is -2.11. The lowest BCUT2D eigenvalue weighted by Crippen LogP contribution is -2.00. The van der Waals surface area contributed by atoms with Gasteiger partial charge in [0.25, 0.3) is 0 Å². The van der Waals surface area contributed by atoms with E-state index in [9.17, 15) is 0 Å². The summed E-state index contributed by atoms with van der Waals surface area (Å²) in [6.45, 7) is 4.75. The van der Waals surface area contributed by atoms with Crippen LogP contribution in [0.3, 0.4) is 0 Å². The number of hydrogen-bond donors (Lipinski definition) is 0. The molecule has 1 aromatic heterocycles. The van der Waals surface area contributed by atoms with E-state index in [4.69, 9.17) is 4.74 Å². The summed E-state index contributed by atoms with van der Waals surface area (Å²) in [5.41, 5.74) is 4.60. The monoisotopic (exact) mass is 401 g/mol. The molecule has 0 amide bonds. The molecule has 5 heteroatoms. The molecule has 0 unspecified atom stereocenters. The summed E-state index contributed by atoms with van der Waals surface area (Å²) in [6, 6.07) is 26.8. The molecule has 0 bridgehead atoms. The third kappa shape index (κ3) is 4.51. The van der Waals surface area contributed by atoms with E-state index in [-0.39, 0.29) is 0 Å². The molecule has 0 fully saturated rings. The molecule has 4 rings (SSSR count). The topological polar surface area (TPSA) is 39.9 Å². The summed E-state index contributed by atoms with van der Waals surface area (Å²) in [7, 11) is 0. The maximum atomic E-state index is 5.59. The molecule has 0 saturated heterocycles. The largest absolute Gasteiger partial charge is 0.494 e. The van der Waals surface area contributed by atoms with Crippen LogP contribution in [0.4, 0.5) is 0 Å². The lowest BCUT2D eigenvalue weighted by atomic mass is 10.2. The Bertz CT molecular complexity index is 1070. The first-order valence-corrected chi connectivity index (χ1v) is 10.7. The molecule has 0 radical (unpaired) electrons. The molecule has 3 aromatic carbocycles. The van der Waals surface area contributed by atoms with Gasteiger partial charge in [-0.2, -0.15) is 0 Å². The predicted molar refractivity (Wildman–Crippen MR) is 119 cm³/mol. The molecule has 0 atom stereocenters. The molecule has 1 heterocycles. The van der Waals surface area contributed by atoms with Crippen LogP contribution in [-0.4, -0.2) is 21.4 Å².